The minimum atomic E-state index is 0.0830. The summed E-state index contributed by atoms with van der Waals surface area (Å²) in [5.41, 5.74) is 5.77. The molecule has 0 radical (unpaired) electrons. The fourth-order valence-electron chi connectivity index (χ4n) is 6.05. The van der Waals surface area contributed by atoms with E-state index in [0.29, 0.717) is 70.3 Å². The van der Waals surface area contributed by atoms with E-state index in [1.165, 1.54) is 0 Å². The Labute approximate surface area is 268 Å². The van der Waals surface area contributed by atoms with Crippen molar-refractivity contribution in [3.8, 4) is 68.6 Å². The molecule has 0 spiro atoms. The highest BCUT2D eigenvalue weighted by molar-refractivity contribution is 5.86. The second kappa shape index (κ2) is 13.5. The Bertz CT molecular complexity index is 1600. The van der Waals surface area contributed by atoms with Gasteiger partial charge in [-0.25, -0.2) is 0 Å². The normalized spacial score (nSPS) is 12.6. The van der Waals surface area contributed by atoms with Gasteiger partial charge in [0.05, 0.1) is 42.7 Å². The van der Waals surface area contributed by atoms with Gasteiger partial charge in [-0.1, -0.05) is 12.1 Å². The van der Waals surface area contributed by atoms with Gasteiger partial charge < -0.3 is 47.4 Å². The molecule has 2 aliphatic rings. The first-order chi connectivity index (χ1) is 22.5. The van der Waals surface area contributed by atoms with Crippen molar-refractivity contribution >= 4 is 0 Å². The zero-order chi connectivity index (χ0) is 32.2. The third kappa shape index (κ3) is 5.71. The van der Waals surface area contributed by atoms with Gasteiger partial charge in [0.25, 0.3) is 0 Å². The Balaban J connectivity index is 1.39. The van der Waals surface area contributed by atoms with Crippen LogP contribution >= 0.6 is 0 Å². The van der Waals surface area contributed by atoms with Crippen LogP contribution < -0.4 is 47.4 Å². The molecule has 10 heteroatoms. The second-order valence-electron chi connectivity index (χ2n) is 10.7. The van der Waals surface area contributed by atoms with Crippen LogP contribution in [0.2, 0.25) is 0 Å². The van der Waals surface area contributed by atoms with E-state index >= 15 is 0 Å². The van der Waals surface area contributed by atoms with Crippen LogP contribution in [0.15, 0.2) is 48.5 Å². The van der Waals surface area contributed by atoms with Crippen LogP contribution in [-0.4, -0.2) is 56.2 Å². The van der Waals surface area contributed by atoms with Crippen LogP contribution in [0, 0.1) is 0 Å². The Morgan fingerprint density at radius 1 is 0.435 bits per heavy atom. The SMILES string of the molecule is COc1ccc(CCc2cc(-c3cc(CCc4ccc(OC)c(OC)c4)c(OC)c4c3OCO4)c3c(c2OC)OCO3)cc1OC. The molecule has 6 rings (SSSR count). The first kappa shape index (κ1) is 30.9. The predicted octanol–water partition coefficient (Wildman–Crippen LogP) is 6.43. The zero-order valence-electron chi connectivity index (χ0n) is 26.9. The van der Waals surface area contributed by atoms with E-state index in [1.807, 2.05) is 36.4 Å². The van der Waals surface area contributed by atoms with E-state index in [1.54, 1.807) is 42.7 Å². The number of hydrogen-bond donors (Lipinski definition) is 0. The maximum atomic E-state index is 6.05. The second-order valence-corrected chi connectivity index (χ2v) is 10.7. The summed E-state index contributed by atoms with van der Waals surface area (Å²) in [7, 11) is 9.81. The van der Waals surface area contributed by atoms with Crippen molar-refractivity contribution in [2.45, 2.75) is 25.7 Å². The Morgan fingerprint density at radius 3 is 1.20 bits per heavy atom. The summed E-state index contributed by atoms with van der Waals surface area (Å²) in [6.07, 6.45) is 2.80. The van der Waals surface area contributed by atoms with Crippen molar-refractivity contribution in [2.24, 2.45) is 0 Å². The van der Waals surface area contributed by atoms with Gasteiger partial charge in [-0.15, -0.1) is 0 Å². The molecule has 0 atom stereocenters. The van der Waals surface area contributed by atoms with E-state index in [-0.39, 0.29) is 13.6 Å². The van der Waals surface area contributed by atoms with Crippen molar-refractivity contribution in [1.82, 2.24) is 0 Å². The number of benzene rings is 4. The summed E-state index contributed by atoms with van der Waals surface area (Å²) < 4.78 is 57.7. The molecule has 4 aromatic carbocycles. The summed E-state index contributed by atoms with van der Waals surface area (Å²) in [6.45, 7) is 0.166. The van der Waals surface area contributed by atoms with Crippen LogP contribution in [0.4, 0.5) is 0 Å². The predicted molar refractivity (Wildman–Crippen MR) is 171 cm³/mol. The fraction of sp³-hybridized carbons (Fsp3) is 0.333. The van der Waals surface area contributed by atoms with Gasteiger partial charge in [0.15, 0.2) is 46.0 Å². The standard InChI is InChI=1S/C36H38O10/c1-37-27-13-9-21(15-29(27)39-3)7-11-23-17-25(33-35(31(23)41-5)45-19-43-33)26-18-24(32(42-6)36-34(26)44-20-46-36)12-8-22-10-14-28(38-2)30(16-22)40-4/h9-10,13-18H,7-8,11-12,19-20H2,1-6H3. The lowest BCUT2D eigenvalue weighted by atomic mass is 9.93. The molecule has 0 amide bonds. The topological polar surface area (TPSA) is 92.3 Å². The molecule has 2 aliphatic heterocycles. The molecule has 0 saturated heterocycles. The number of rotatable bonds is 13. The smallest absolute Gasteiger partial charge is 0.231 e. The van der Waals surface area contributed by atoms with Gasteiger partial charge in [0.1, 0.15) is 0 Å². The molecule has 242 valence electrons. The summed E-state index contributed by atoms with van der Waals surface area (Å²) in [6, 6.07) is 16.1. The lowest BCUT2D eigenvalue weighted by Gasteiger charge is -2.18. The first-order valence-electron chi connectivity index (χ1n) is 14.9. The Hall–Kier alpha value is -5.12. The highest BCUT2D eigenvalue weighted by Gasteiger charge is 2.33. The Morgan fingerprint density at radius 2 is 0.826 bits per heavy atom. The molecule has 46 heavy (non-hydrogen) atoms. The number of hydrogen-bond acceptors (Lipinski definition) is 10. The van der Waals surface area contributed by atoms with E-state index < -0.39 is 0 Å². The average Bonchev–Trinajstić information content (AvgIpc) is 3.79. The quantitative estimate of drug-likeness (QED) is 0.165. The number of fused-ring (bicyclic) bond motifs is 2. The molecular weight excluding hydrogens is 592 g/mol. The zero-order valence-corrected chi connectivity index (χ0v) is 26.9. The van der Waals surface area contributed by atoms with E-state index in [2.05, 4.69) is 12.1 Å². The van der Waals surface area contributed by atoms with Crippen LogP contribution in [0.25, 0.3) is 11.1 Å². The third-order valence-corrected chi connectivity index (χ3v) is 8.31. The van der Waals surface area contributed by atoms with Gasteiger partial charge in [0, 0.05) is 11.1 Å². The molecule has 10 nitrogen and oxygen atoms in total. The highest BCUT2D eigenvalue weighted by atomic mass is 16.7. The van der Waals surface area contributed by atoms with Gasteiger partial charge in [0.2, 0.25) is 25.1 Å². The van der Waals surface area contributed by atoms with Crippen LogP contribution in [0.1, 0.15) is 22.3 Å². The Kier molecular flexibility index (Phi) is 9.05. The number of ether oxygens (including phenoxy) is 10. The largest absolute Gasteiger partial charge is 0.493 e. The van der Waals surface area contributed by atoms with Crippen molar-refractivity contribution in [3.63, 3.8) is 0 Å². The number of methoxy groups -OCH3 is 6. The molecule has 0 unspecified atom stereocenters. The van der Waals surface area contributed by atoms with E-state index in [4.69, 9.17) is 47.4 Å². The van der Waals surface area contributed by atoms with Crippen molar-refractivity contribution < 1.29 is 47.4 Å². The molecule has 0 saturated carbocycles. The fourth-order valence-corrected chi connectivity index (χ4v) is 6.05. The van der Waals surface area contributed by atoms with E-state index in [0.717, 1.165) is 46.2 Å². The third-order valence-electron chi connectivity index (χ3n) is 8.31. The van der Waals surface area contributed by atoms with Crippen molar-refractivity contribution in [1.29, 1.82) is 0 Å². The van der Waals surface area contributed by atoms with Crippen LogP contribution in [0.3, 0.4) is 0 Å². The summed E-state index contributed by atoms with van der Waals surface area (Å²) in [4.78, 5) is 0. The molecule has 4 aromatic rings. The van der Waals surface area contributed by atoms with Gasteiger partial charge >= 0.3 is 0 Å². The molecule has 2 heterocycles. The minimum Gasteiger partial charge on any atom is -0.493 e. The monoisotopic (exact) mass is 630 g/mol. The minimum absolute atomic E-state index is 0.0830. The van der Waals surface area contributed by atoms with Gasteiger partial charge in [-0.05, 0) is 84.3 Å². The maximum absolute atomic E-state index is 6.05. The molecule has 0 aromatic heterocycles. The lowest BCUT2D eigenvalue weighted by molar-refractivity contribution is 0.170. The molecular formula is C36H38O10. The van der Waals surface area contributed by atoms with Crippen LogP contribution in [-0.2, 0) is 25.7 Å². The highest BCUT2D eigenvalue weighted by Crippen LogP contribution is 2.56. The molecule has 0 N–H and O–H groups in total. The average molecular weight is 631 g/mol. The summed E-state index contributed by atoms with van der Waals surface area (Å²) in [5.74, 6) is 6.37. The van der Waals surface area contributed by atoms with E-state index in [9.17, 15) is 0 Å². The van der Waals surface area contributed by atoms with Gasteiger partial charge in [-0.2, -0.15) is 0 Å². The van der Waals surface area contributed by atoms with Crippen LogP contribution in [0.5, 0.6) is 57.5 Å². The van der Waals surface area contributed by atoms with Crippen molar-refractivity contribution in [2.75, 3.05) is 56.2 Å². The summed E-state index contributed by atoms with van der Waals surface area (Å²) >= 11 is 0. The van der Waals surface area contributed by atoms with Crippen molar-refractivity contribution in [3.05, 3.63) is 70.8 Å². The lowest BCUT2D eigenvalue weighted by Crippen LogP contribution is -2.01. The van der Waals surface area contributed by atoms with Gasteiger partial charge in [-0.3, -0.25) is 0 Å². The maximum Gasteiger partial charge on any atom is 0.231 e. The molecule has 0 fully saturated rings. The molecule has 0 aliphatic carbocycles. The molecule has 0 bridgehead atoms. The summed E-state index contributed by atoms with van der Waals surface area (Å²) in [5, 5.41) is 0. The first-order valence-corrected chi connectivity index (χ1v) is 14.9. The number of aryl methyl sites for hydroxylation is 4.